The lowest BCUT2D eigenvalue weighted by Gasteiger charge is -2.39. The average molecular weight is 188 g/mol. The van der Waals surface area contributed by atoms with Crippen molar-refractivity contribution in [1.29, 1.82) is 0 Å². The van der Waals surface area contributed by atoms with Gasteiger partial charge in [0.2, 0.25) is 0 Å². The number of thioether (sulfide) groups is 1. The fourth-order valence-corrected chi connectivity index (χ4v) is 2.53. The molecular weight excluding hydrogens is 168 g/mol. The maximum absolute atomic E-state index is 5.80. The summed E-state index contributed by atoms with van der Waals surface area (Å²) in [4.78, 5) is 2.50. The first-order chi connectivity index (χ1) is 5.76. The summed E-state index contributed by atoms with van der Waals surface area (Å²) in [5.74, 6) is 0. The summed E-state index contributed by atoms with van der Waals surface area (Å²) in [6.07, 6.45) is 4.71. The normalized spacial score (nSPS) is 24.2. The van der Waals surface area contributed by atoms with Crippen molar-refractivity contribution in [1.82, 2.24) is 4.90 Å². The van der Waals surface area contributed by atoms with Gasteiger partial charge in [0.15, 0.2) is 0 Å². The predicted octanol–water partition coefficient (Wildman–Crippen LogP) is 1.16. The van der Waals surface area contributed by atoms with Crippen molar-refractivity contribution in [2.45, 2.75) is 24.5 Å². The zero-order valence-electron chi connectivity index (χ0n) is 8.18. The molecular formula is C9H20N2S. The van der Waals surface area contributed by atoms with Gasteiger partial charge in [0, 0.05) is 11.3 Å². The van der Waals surface area contributed by atoms with Crippen LogP contribution in [0.1, 0.15) is 19.8 Å². The first-order valence-electron chi connectivity index (χ1n) is 4.74. The second-order valence-corrected chi connectivity index (χ2v) is 4.80. The Morgan fingerprint density at radius 3 is 2.33 bits per heavy atom. The Bertz CT molecular complexity index is 124. The van der Waals surface area contributed by atoms with Gasteiger partial charge in [-0.2, -0.15) is 11.8 Å². The van der Waals surface area contributed by atoms with Crippen molar-refractivity contribution in [3.63, 3.8) is 0 Å². The molecule has 0 spiro atoms. The van der Waals surface area contributed by atoms with E-state index in [9.17, 15) is 0 Å². The molecule has 0 aromatic heterocycles. The van der Waals surface area contributed by atoms with Gasteiger partial charge in [0.05, 0.1) is 0 Å². The third kappa shape index (κ3) is 2.15. The molecule has 1 fully saturated rings. The molecule has 1 heterocycles. The Kier molecular flexibility index (Phi) is 3.87. The SMILES string of the molecule is CCN1CCC(CN)(SC)CC1. The average Bonchev–Trinajstić information content (AvgIpc) is 2.18. The molecule has 0 radical (unpaired) electrons. The van der Waals surface area contributed by atoms with Crippen LogP contribution in [0, 0.1) is 0 Å². The third-order valence-electron chi connectivity index (χ3n) is 3.02. The fraction of sp³-hybridized carbons (Fsp3) is 1.00. The molecule has 2 nitrogen and oxygen atoms in total. The lowest BCUT2D eigenvalue weighted by Crippen LogP contribution is -2.46. The number of hydrogen-bond acceptors (Lipinski definition) is 3. The van der Waals surface area contributed by atoms with Gasteiger partial charge in [0.25, 0.3) is 0 Å². The summed E-state index contributed by atoms with van der Waals surface area (Å²) in [6, 6.07) is 0. The highest BCUT2D eigenvalue weighted by atomic mass is 32.2. The van der Waals surface area contributed by atoms with Crippen LogP contribution in [0.4, 0.5) is 0 Å². The highest BCUT2D eigenvalue weighted by molar-refractivity contribution is 8.00. The molecule has 0 saturated carbocycles. The molecule has 72 valence electrons. The van der Waals surface area contributed by atoms with Gasteiger partial charge in [-0.25, -0.2) is 0 Å². The summed E-state index contributed by atoms with van der Waals surface area (Å²) in [5.41, 5.74) is 5.80. The molecule has 1 aliphatic rings. The third-order valence-corrected chi connectivity index (χ3v) is 4.46. The summed E-state index contributed by atoms with van der Waals surface area (Å²) in [5, 5.41) is 0. The van der Waals surface area contributed by atoms with Crippen molar-refractivity contribution in [2.75, 3.05) is 32.4 Å². The van der Waals surface area contributed by atoms with E-state index >= 15 is 0 Å². The van der Waals surface area contributed by atoms with E-state index in [4.69, 9.17) is 5.73 Å². The maximum atomic E-state index is 5.80. The molecule has 0 unspecified atom stereocenters. The number of likely N-dealkylation sites (tertiary alicyclic amines) is 1. The first kappa shape index (κ1) is 10.4. The van der Waals surface area contributed by atoms with Gasteiger partial charge in [-0.15, -0.1) is 0 Å². The zero-order valence-corrected chi connectivity index (χ0v) is 8.99. The second kappa shape index (κ2) is 4.49. The van der Waals surface area contributed by atoms with Crippen LogP contribution in [0.5, 0.6) is 0 Å². The number of rotatable bonds is 3. The van der Waals surface area contributed by atoms with E-state index in [0.717, 1.165) is 6.54 Å². The lowest BCUT2D eigenvalue weighted by molar-refractivity contribution is 0.211. The topological polar surface area (TPSA) is 29.3 Å². The lowest BCUT2D eigenvalue weighted by atomic mass is 9.96. The number of piperidine rings is 1. The minimum atomic E-state index is 0.395. The van der Waals surface area contributed by atoms with Crippen LogP contribution in [0.2, 0.25) is 0 Å². The molecule has 12 heavy (non-hydrogen) atoms. The van der Waals surface area contributed by atoms with Crippen LogP contribution < -0.4 is 5.73 Å². The second-order valence-electron chi connectivity index (χ2n) is 3.53. The van der Waals surface area contributed by atoms with Gasteiger partial charge in [-0.1, -0.05) is 6.92 Å². The summed E-state index contributed by atoms with van der Waals surface area (Å²) >= 11 is 1.95. The Hall–Kier alpha value is 0.270. The van der Waals surface area contributed by atoms with Crippen LogP contribution in [0.15, 0.2) is 0 Å². The smallest absolute Gasteiger partial charge is 0.0303 e. The van der Waals surface area contributed by atoms with E-state index in [1.165, 1.54) is 32.5 Å². The molecule has 1 saturated heterocycles. The van der Waals surface area contributed by atoms with Gasteiger partial charge in [0.1, 0.15) is 0 Å². The Morgan fingerprint density at radius 1 is 1.42 bits per heavy atom. The number of nitrogens with two attached hydrogens (primary N) is 1. The van der Waals surface area contributed by atoms with E-state index in [1.807, 2.05) is 11.8 Å². The minimum absolute atomic E-state index is 0.395. The van der Waals surface area contributed by atoms with E-state index in [1.54, 1.807) is 0 Å². The maximum Gasteiger partial charge on any atom is 0.0303 e. The van der Waals surface area contributed by atoms with E-state index in [0.29, 0.717) is 4.75 Å². The van der Waals surface area contributed by atoms with Crippen molar-refractivity contribution in [3.05, 3.63) is 0 Å². The molecule has 1 rings (SSSR count). The van der Waals surface area contributed by atoms with Crippen LogP contribution in [0.3, 0.4) is 0 Å². The standard InChI is InChI=1S/C9H20N2S/c1-3-11-6-4-9(8-10,12-2)5-7-11/h3-8,10H2,1-2H3. The molecule has 2 N–H and O–H groups in total. The highest BCUT2D eigenvalue weighted by Gasteiger charge is 2.31. The van der Waals surface area contributed by atoms with Gasteiger partial charge in [-0.3, -0.25) is 0 Å². The molecule has 0 amide bonds. The van der Waals surface area contributed by atoms with E-state index in [-0.39, 0.29) is 0 Å². The largest absolute Gasteiger partial charge is 0.329 e. The monoisotopic (exact) mass is 188 g/mol. The van der Waals surface area contributed by atoms with Crippen molar-refractivity contribution in [3.8, 4) is 0 Å². The molecule has 0 aromatic carbocycles. The molecule has 0 aromatic rings. The molecule has 0 bridgehead atoms. The Morgan fingerprint density at radius 2 is 2.00 bits per heavy atom. The van der Waals surface area contributed by atoms with Crippen LogP contribution >= 0.6 is 11.8 Å². The first-order valence-corrected chi connectivity index (χ1v) is 5.96. The summed E-state index contributed by atoms with van der Waals surface area (Å²) in [7, 11) is 0. The van der Waals surface area contributed by atoms with Crippen LogP contribution in [-0.4, -0.2) is 42.1 Å². The quantitative estimate of drug-likeness (QED) is 0.721. The fourth-order valence-electron chi connectivity index (χ4n) is 1.77. The van der Waals surface area contributed by atoms with E-state index < -0.39 is 0 Å². The van der Waals surface area contributed by atoms with Crippen molar-refractivity contribution >= 4 is 11.8 Å². The summed E-state index contributed by atoms with van der Waals surface area (Å²) in [6.45, 7) is 6.72. The molecule has 0 aliphatic carbocycles. The van der Waals surface area contributed by atoms with Crippen LogP contribution in [0.25, 0.3) is 0 Å². The Labute approximate surface area is 79.9 Å². The Balaban J connectivity index is 2.42. The van der Waals surface area contributed by atoms with Gasteiger partial charge in [-0.05, 0) is 38.7 Å². The highest BCUT2D eigenvalue weighted by Crippen LogP contribution is 2.33. The van der Waals surface area contributed by atoms with Crippen molar-refractivity contribution < 1.29 is 0 Å². The number of nitrogens with zero attached hydrogens (tertiary/aromatic N) is 1. The predicted molar refractivity (Wildman–Crippen MR) is 56.6 cm³/mol. The summed E-state index contributed by atoms with van der Waals surface area (Å²) < 4.78 is 0.395. The van der Waals surface area contributed by atoms with Crippen LogP contribution in [-0.2, 0) is 0 Å². The number of hydrogen-bond donors (Lipinski definition) is 1. The molecule has 3 heteroatoms. The zero-order chi connectivity index (χ0) is 9.03. The minimum Gasteiger partial charge on any atom is -0.329 e. The van der Waals surface area contributed by atoms with E-state index in [2.05, 4.69) is 18.1 Å². The molecule has 1 aliphatic heterocycles. The van der Waals surface area contributed by atoms with Crippen molar-refractivity contribution in [2.24, 2.45) is 5.73 Å². The van der Waals surface area contributed by atoms with Gasteiger partial charge < -0.3 is 10.6 Å². The van der Waals surface area contributed by atoms with Gasteiger partial charge >= 0.3 is 0 Å². The molecule has 0 atom stereocenters.